The van der Waals surface area contributed by atoms with Gasteiger partial charge in [-0.25, -0.2) is 9.97 Å². The van der Waals surface area contributed by atoms with Crippen LogP contribution in [0.15, 0.2) is 53.1 Å². The largest absolute Gasteiger partial charge is 0.506 e. The highest BCUT2D eigenvalue weighted by atomic mass is 79.9. The van der Waals surface area contributed by atoms with Crippen LogP contribution in [0.5, 0.6) is 5.75 Å². The maximum Gasteiger partial charge on any atom is 0.220 e. The van der Waals surface area contributed by atoms with E-state index < -0.39 is 0 Å². The van der Waals surface area contributed by atoms with Gasteiger partial charge in [0.05, 0.1) is 10.2 Å². The number of rotatable bonds is 3. The third kappa shape index (κ3) is 2.99. The first-order valence-electron chi connectivity index (χ1n) is 7.68. The van der Waals surface area contributed by atoms with Crippen LogP contribution in [0.1, 0.15) is 25.3 Å². The standard InChI is InChI=1S/C19H18BrN3O/c1-11(2)13-8-9-14(18(24)16(13)20)17-15(10-22-19(21)23-17)12-6-4-3-5-7-12/h3-11,24H,1-2H3,(H2,21,22,23). The Labute approximate surface area is 149 Å². The van der Waals surface area contributed by atoms with E-state index in [9.17, 15) is 5.11 Å². The summed E-state index contributed by atoms with van der Waals surface area (Å²) in [6.45, 7) is 4.16. The number of benzene rings is 2. The van der Waals surface area contributed by atoms with Crippen LogP contribution in [-0.2, 0) is 0 Å². The van der Waals surface area contributed by atoms with Crippen LogP contribution in [0, 0.1) is 0 Å². The van der Waals surface area contributed by atoms with Crippen molar-refractivity contribution in [3.63, 3.8) is 0 Å². The molecule has 3 rings (SSSR count). The van der Waals surface area contributed by atoms with Gasteiger partial charge in [-0.05, 0) is 39.0 Å². The predicted molar refractivity (Wildman–Crippen MR) is 101 cm³/mol. The molecule has 0 saturated carbocycles. The zero-order valence-corrected chi connectivity index (χ0v) is 15.1. The minimum absolute atomic E-state index is 0.163. The fourth-order valence-corrected chi connectivity index (χ4v) is 3.45. The summed E-state index contributed by atoms with van der Waals surface area (Å²) in [5, 5.41) is 10.7. The molecule has 2 aromatic carbocycles. The minimum atomic E-state index is 0.163. The lowest BCUT2D eigenvalue weighted by atomic mass is 9.96. The molecule has 0 aliphatic carbocycles. The zero-order valence-electron chi connectivity index (χ0n) is 13.5. The molecule has 0 aliphatic rings. The second-order valence-corrected chi connectivity index (χ2v) is 6.67. The molecule has 3 aromatic rings. The van der Waals surface area contributed by atoms with Crippen molar-refractivity contribution in [3.8, 4) is 28.1 Å². The Morgan fingerprint density at radius 1 is 1.04 bits per heavy atom. The van der Waals surface area contributed by atoms with Crippen molar-refractivity contribution in [1.29, 1.82) is 0 Å². The first-order valence-corrected chi connectivity index (χ1v) is 8.48. The quantitative estimate of drug-likeness (QED) is 0.668. The van der Waals surface area contributed by atoms with Gasteiger partial charge in [0.25, 0.3) is 0 Å². The smallest absolute Gasteiger partial charge is 0.220 e. The maximum absolute atomic E-state index is 10.7. The fourth-order valence-electron chi connectivity index (χ4n) is 2.65. The second kappa shape index (κ2) is 6.61. The first kappa shape index (κ1) is 16.5. The number of nitrogens with zero attached hydrogens (tertiary/aromatic N) is 2. The Bertz CT molecular complexity index is 879. The molecule has 0 spiro atoms. The van der Waals surface area contributed by atoms with E-state index in [4.69, 9.17) is 5.73 Å². The van der Waals surface area contributed by atoms with Gasteiger partial charge in [-0.3, -0.25) is 0 Å². The summed E-state index contributed by atoms with van der Waals surface area (Å²) in [5.74, 6) is 0.632. The Balaban J connectivity index is 2.24. The van der Waals surface area contributed by atoms with Gasteiger partial charge in [0.2, 0.25) is 5.95 Å². The van der Waals surface area contributed by atoms with Crippen LogP contribution in [-0.4, -0.2) is 15.1 Å². The van der Waals surface area contributed by atoms with Crippen molar-refractivity contribution in [2.75, 3.05) is 5.73 Å². The number of phenolic OH excluding ortho intramolecular Hbond substituents is 1. The number of nitrogen functional groups attached to an aromatic ring is 1. The van der Waals surface area contributed by atoms with Gasteiger partial charge in [-0.15, -0.1) is 0 Å². The molecule has 0 atom stereocenters. The van der Waals surface area contributed by atoms with Crippen molar-refractivity contribution >= 4 is 21.9 Å². The molecule has 4 nitrogen and oxygen atoms in total. The van der Waals surface area contributed by atoms with Gasteiger partial charge in [0, 0.05) is 17.3 Å². The van der Waals surface area contributed by atoms with E-state index in [0.717, 1.165) is 16.7 Å². The van der Waals surface area contributed by atoms with E-state index in [-0.39, 0.29) is 11.7 Å². The molecular weight excluding hydrogens is 366 g/mol. The molecule has 122 valence electrons. The molecule has 0 bridgehead atoms. The third-order valence-corrected chi connectivity index (χ3v) is 4.75. The summed E-state index contributed by atoms with van der Waals surface area (Å²) in [6, 6.07) is 13.7. The number of aromatic nitrogens is 2. The molecule has 3 N–H and O–H groups in total. The Morgan fingerprint density at radius 2 is 1.75 bits per heavy atom. The van der Waals surface area contributed by atoms with Crippen LogP contribution in [0.2, 0.25) is 0 Å². The van der Waals surface area contributed by atoms with Gasteiger partial charge >= 0.3 is 0 Å². The van der Waals surface area contributed by atoms with E-state index in [1.807, 2.05) is 42.5 Å². The lowest BCUT2D eigenvalue weighted by Gasteiger charge is -2.15. The molecule has 0 aliphatic heterocycles. The summed E-state index contributed by atoms with van der Waals surface area (Å²) >= 11 is 3.50. The summed E-state index contributed by atoms with van der Waals surface area (Å²) < 4.78 is 0.686. The lowest BCUT2D eigenvalue weighted by Crippen LogP contribution is -1.99. The van der Waals surface area contributed by atoms with E-state index in [1.54, 1.807) is 6.20 Å². The number of anilines is 1. The van der Waals surface area contributed by atoms with Crippen molar-refractivity contribution in [1.82, 2.24) is 9.97 Å². The Morgan fingerprint density at radius 3 is 2.42 bits per heavy atom. The molecule has 0 unspecified atom stereocenters. The minimum Gasteiger partial charge on any atom is -0.506 e. The molecular formula is C19H18BrN3O. The summed E-state index contributed by atoms with van der Waals surface area (Å²) in [5.41, 5.74) is 9.86. The average molecular weight is 384 g/mol. The van der Waals surface area contributed by atoms with Crippen LogP contribution in [0.3, 0.4) is 0 Å². The number of aromatic hydroxyl groups is 1. The highest BCUT2D eigenvalue weighted by molar-refractivity contribution is 9.10. The molecule has 5 heteroatoms. The highest BCUT2D eigenvalue weighted by Gasteiger charge is 2.18. The maximum atomic E-state index is 10.7. The van der Waals surface area contributed by atoms with Gasteiger partial charge in [-0.1, -0.05) is 50.2 Å². The fraction of sp³-hybridized carbons (Fsp3) is 0.158. The van der Waals surface area contributed by atoms with Gasteiger partial charge in [-0.2, -0.15) is 0 Å². The van der Waals surface area contributed by atoms with Gasteiger partial charge < -0.3 is 10.8 Å². The van der Waals surface area contributed by atoms with E-state index in [0.29, 0.717) is 21.6 Å². The SMILES string of the molecule is CC(C)c1ccc(-c2nc(N)ncc2-c2ccccc2)c(O)c1Br. The molecule has 0 radical (unpaired) electrons. The molecule has 1 aromatic heterocycles. The van der Waals surface area contributed by atoms with Crippen molar-refractivity contribution in [2.45, 2.75) is 19.8 Å². The molecule has 0 saturated heterocycles. The first-order chi connectivity index (χ1) is 11.5. The molecule has 1 heterocycles. The zero-order chi connectivity index (χ0) is 17.3. The van der Waals surface area contributed by atoms with E-state index >= 15 is 0 Å². The molecule has 0 fully saturated rings. The van der Waals surface area contributed by atoms with Gasteiger partial charge in [0.1, 0.15) is 5.75 Å². The Kier molecular flexibility index (Phi) is 4.53. The lowest BCUT2D eigenvalue weighted by molar-refractivity contribution is 0.472. The Hall–Kier alpha value is -2.40. The second-order valence-electron chi connectivity index (χ2n) is 5.88. The summed E-state index contributed by atoms with van der Waals surface area (Å²) in [4.78, 5) is 8.49. The van der Waals surface area contributed by atoms with Gasteiger partial charge in [0.15, 0.2) is 0 Å². The molecule has 24 heavy (non-hydrogen) atoms. The summed E-state index contributed by atoms with van der Waals surface area (Å²) in [6.07, 6.45) is 1.69. The number of phenols is 1. The van der Waals surface area contributed by atoms with Crippen LogP contribution >= 0.6 is 15.9 Å². The number of nitrogens with two attached hydrogens (primary N) is 1. The van der Waals surface area contributed by atoms with E-state index in [2.05, 4.69) is 39.7 Å². The molecule has 0 amide bonds. The monoisotopic (exact) mass is 383 g/mol. The number of hydrogen-bond donors (Lipinski definition) is 2. The van der Waals surface area contributed by atoms with Crippen molar-refractivity contribution < 1.29 is 5.11 Å². The summed E-state index contributed by atoms with van der Waals surface area (Å²) in [7, 11) is 0. The normalized spacial score (nSPS) is 11.0. The predicted octanol–water partition coefficient (Wildman–Crippen LogP) is 4.98. The number of hydrogen-bond acceptors (Lipinski definition) is 4. The van der Waals surface area contributed by atoms with E-state index in [1.165, 1.54) is 0 Å². The average Bonchev–Trinajstić information content (AvgIpc) is 2.57. The van der Waals surface area contributed by atoms with Crippen LogP contribution in [0.4, 0.5) is 5.95 Å². The third-order valence-electron chi connectivity index (χ3n) is 3.92. The highest BCUT2D eigenvalue weighted by Crippen LogP contribution is 2.42. The van der Waals surface area contributed by atoms with Crippen LogP contribution in [0.25, 0.3) is 22.4 Å². The van der Waals surface area contributed by atoms with Crippen molar-refractivity contribution in [2.24, 2.45) is 0 Å². The van der Waals surface area contributed by atoms with Crippen LogP contribution < -0.4 is 5.73 Å². The van der Waals surface area contributed by atoms with Crippen molar-refractivity contribution in [3.05, 3.63) is 58.7 Å². The number of halogens is 1. The topological polar surface area (TPSA) is 72.0 Å².